The molecule has 2 aromatic heterocycles. The maximum atomic E-state index is 13.9. The van der Waals surface area contributed by atoms with E-state index in [0.717, 1.165) is 45.5 Å². The third-order valence-corrected chi connectivity index (χ3v) is 9.79. The van der Waals surface area contributed by atoms with E-state index in [1.165, 1.54) is 5.56 Å². The molecule has 1 aliphatic heterocycles. The first-order valence-corrected chi connectivity index (χ1v) is 14.9. The summed E-state index contributed by atoms with van der Waals surface area (Å²) in [5, 5.41) is 4.02. The number of thiazole rings is 1. The summed E-state index contributed by atoms with van der Waals surface area (Å²) >= 11 is 1.58. The molecule has 1 saturated heterocycles. The zero-order chi connectivity index (χ0) is 25.4. The number of aryl methyl sites for hydroxylation is 1. The van der Waals surface area contributed by atoms with Gasteiger partial charge in [0.1, 0.15) is 0 Å². The number of fused-ring (bicyclic) bond motifs is 2. The number of rotatable bonds is 8. The van der Waals surface area contributed by atoms with Gasteiger partial charge in [-0.3, -0.25) is 4.40 Å². The van der Waals surface area contributed by atoms with Gasteiger partial charge in [0.2, 0.25) is 10.0 Å². The van der Waals surface area contributed by atoms with Gasteiger partial charge in [0.15, 0.2) is 4.96 Å². The van der Waals surface area contributed by atoms with Gasteiger partial charge in [-0.05, 0) is 42.7 Å². The molecule has 0 spiro atoms. The first kappa shape index (κ1) is 24.3. The van der Waals surface area contributed by atoms with Crippen LogP contribution < -0.4 is 0 Å². The van der Waals surface area contributed by atoms with Crippen molar-refractivity contribution in [2.75, 3.05) is 19.7 Å². The van der Waals surface area contributed by atoms with Gasteiger partial charge in [0.05, 0.1) is 16.7 Å². The Morgan fingerprint density at radius 3 is 2.68 bits per heavy atom. The van der Waals surface area contributed by atoms with Gasteiger partial charge >= 0.3 is 0 Å². The van der Waals surface area contributed by atoms with Gasteiger partial charge in [-0.2, -0.15) is 4.31 Å². The van der Waals surface area contributed by atoms with Crippen LogP contribution in [-0.4, -0.2) is 47.9 Å². The molecule has 1 aliphatic rings. The molecule has 190 valence electrons. The van der Waals surface area contributed by atoms with Crippen LogP contribution in [0.3, 0.4) is 0 Å². The quantitative estimate of drug-likeness (QED) is 0.249. The van der Waals surface area contributed by atoms with E-state index < -0.39 is 10.0 Å². The van der Waals surface area contributed by atoms with E-state index in [4.69, 9.17) is 9.72 Å². The standard InChI is InChI=1S/C29H29N3O3S2/c1-21-8-10-23(11-9-21)28-19-32-25(20-36-29(32)30-28)14-15-31(18-26-7-4-16-35-26)37(33,34)27-13-12-22-5-2-3-6-24(22)17-27/h2-3,5-6,8-13,17,19-20,26H,4,7,14-16,18H2,1H3. The topological polar surface area (TPSA) is 63.9 Å². The molecule has 3 aromatic carbocycles. The summed E-state index contributed by atoms with van der Waals surface area (Å²) in [5.41, 5.74) is 4.26. The molecule has 0 radical (unpaired) electrons. The second-order valence-electron chi connectivity index (χ2n) is 9.63. The monoisotopic (exact) mass is 531 g/mol. The Morgan fingerprint density at radius 1 is 1.08 bits per heavy atom. The molecule has 6 nitrogen and oxygen atoms in total. The first-order chi connectivity index (χ1) is 18.0. The smallest absolute Gasteiger partial charge is 0.243 e. The summed E-state index contributed by atoms with van der Waals surface area (Å²) < 4.78 is 37.2. The highest BCUT2D eigenvalue weighted by atomic mass is 32.2. The van der Waals surface area contributed by atoms with Crippen LogP contribution in [0.2, 0.25) is 0 Å². The molecule has 0 saturated carbocycles. The molecule has 1 atom stereocenters. The van der Waals surface area contributed by atoms with Crippen molar-refractivity contribution in [1.82, 2.24) is 13.7 Å². The molecule has 0 amide bonds. The van der Waals surface area contributed by atoms with Crippen molar-refractivity contribution in [1.29, 1.82) is 0 Å². The Labute approximate surface area is 221 Å². The van der Waals surface area contributed by atoms with Crippen molar-refractivity contribution in [3.8, 4) is 11.3 Å². The molecule has 0 aliphatic carbocycles. The summed E-state index contributed by atoms with van der Waals surface area (Å²) in [6.45, 7) is 3.50. The van der Waals surface area contributed by atoms with Crippen LogP contribution in [0.1, 0.15) is 24.1 Å². The zero-order valence-corrected chi connectivity index (χ0v) is 22.3. The van der Waals surface area contributed by atoms with E-state index in [1.54, 1.807) is 27.8 Å². The summed E-state index contributed by atoms with van der Waals surface area (Å²) in [4.78, 5) is 6.03. The highest BCUT2D eigenvalue weighted by Gasteiger charge is 2.29. The Balaban J connectivity index is 1.28. The summed E-state index contributed by atoms with van der Waals surface area (Å²) in [5.74, 6) is 0. The Morgan fingerprint density at radius 2 is 1.89 bits per heavy atom. The number of benzene rings is 3. The van der Waals surface area contributed by atoms with Crippen LogP contribution in [0.25, 0.3) is 27.0 Å². The van der Waals surface area contributed by atoms with Crippen LogP contribution in [-0.2, 0) is 21.2 Å². The second-order valence-corrected chi connectivity index (χ2v) is 12.4. The van der Waals surface area contributed by atoms with Crippen LogP contribution >= 0.6 is 11.3 Å². The van der Waals surface area contributed by atoms with Crippen molar-refractivity contribution >= 4 is 37.1 Å². The second kappa shape index (κ2) is 10.0. The fourth-order valence-electron chi connectivity index (χ4n) is 4.91. The molecule has 5 aromatic rings. The van der Waals surface area contributed by atoms with Gasteiger partial charge in [0, 0.05) is 49.0 Å². The lowest BCUT2D eigenvalue weighted by atomic mass is 10.1. The number of hydrogen-bond acceptors (Lipinski definition) is 5. The number of hydrogen-bond donors (Lipinski definition) is 0. The van der Waals surface area contributed by atoms with Crippen molar-refractivity contribution in [2.45, 2.75) is 37.2 Å². The van der Waals surface area contributed by atoms with Crippen LogP contribution in [0.15, 0.2) is 83.2 Å². The minimum Gasteiger partial charge on any atom is -0.377 e. The number of nitrogens with zero attached hydrogens (tertiary/aromatic N) is 3. The van der Waals surface area contributed by atoms with Crippen LogP contribution in [0, 0.1) is 6.92 Å². The van der Waals surface area contributed by atoms with E-state index >= 15 is 0 Å². The van der Waals surface area contributed by atoms with Gasteiger partial charge in [-0.1, -0.05) is 60.2 Å². The molecule has 1 unspecified atom stereocenters. The lowest BCUT2D eigenvalue weighted by Crippen LogP contribution is -2.38. The van der Waals surface area contributed by atoms with E-state index in [0.29, 0.717) is 31.0 Å². The molecule has 0 N–H and O–H groups in total. The van der Waals surface area contributed by atoms with E-state index in [1.807, 2.05) is 36.5 Å². The highest BCUT2D eigenvalue weighted by molar-refractivity contribution is 7.89. The predicted molar refractivity (Wildman–Crippen MR) is 149 cm³/mol. The first-order valence-electron chi connectivity index (χ1n) is 12.6. The molecule has 6 rings (SSSR count). The average molecular weight is 532 g/mol. The SMILES string of the molecule is Cc1ccc(-c2cn3c(CCN(CC4CCCO4)S(=O)(=O)c4ccc5ccccc5c4)csc3n2)cc1. The lowest BCUT2D eigenvalue weighted by molar-refractivity contribution is 0.0939. The maximum Gasteiger partial charge on any atom is 0.243 e. The maximum absolute atomic E-state index is 13.9. The molecule has 0 bridgehead atoms. The van der Waals surface area contributed by atoms with Crippen molar-refractivity contribution < 1.29 is 13.2 Å². The molecule has 3 heterocycles. The Hall–Kier alpha value is -3.04. The van der Waals surface area contributed by atoms with Gasteiger partial charge < -0.3 is 4.74 Å². The van der Waals surface area contributed by atoms with Crippen molar-refractivity contribution in [2.24, 2.45) is 0 Å². The molecular weight excluding hydrogens is 502 g/mol. The minimum atomic E-state index is -3.70. The third kappa shape index (κ3) is 4.94. The van der Waals surface area contributed by atoms with Gasteiger partial charge in [-0.15, -0.1) is 11.3 Å². The molecule has 1 fully saturated rings. The number of imidazole rings is 1. The lowest BCUT2D eigenvalue weighted by Gasteiger charge is -2.25. The van der Waals surface area contributed by atoms with Crippen LogP contribution in [0.4, 0.5) is 0 Å². The highest BCUT2D eigenvalue weighted by Crippen LogP contribution is 2.27. The fourth-order valence-corrected chi connectivity index (χ4v) is 7.33. The van der Waals surface area contributed by atoms with Crippen LogP contribution in [0.5, 0.6) is 0 Å². The number of ether oxygens (including phenoxy) is 1. The average Bonchev–Trinajstić information content (AvgIpc) is 3.65. The largest absolute Gasteiger partial charge is 0.377 e. The van der Waals surface area contributed by atoms with Gasteiger partial charge in [-0.25, -0.2) is 13.4 Å². The third-order valence-electron chi connectivity index (χ3n) is 7.04. The van der Waals surface area contributed by atoms with Crippen molar-refractivity contribution in [3.05, 3.63) is 89.6 Å². The fraction of sp³-hybridized carbons (Fsp3) is 0.276. The van der Waals surface area contributed by atoms with E-state index in [9.17, 15) is 8.42 Å². The summed E-state index contributed by atoms with van der Waals surface area (Å²) in [7, 11) is -3.70. The predicted octanol–water partition coefficient (Wildman–Crippen LogP) is 5.94. The Bertz CT molecular complexity index is 1650. The van der Waals surface area contributed by atoms with E-state index in [2.05, 4.69) is 41.0 Å². The molecular formula is C29H29N3O3S2. The summed E-state index contributed by atoms with van der Waals surface area (Å²) in [6.07, 6.45) is 4.42. The summed E-state index contributed by atoms with van der Waals surface area (Å²) in [6, 6.07) is 21.6. The van der Waals surface area contributed by atoms with Crippen molar-refractivity contribution in [3.63, 3.8) is 0 Å². The molecule has 37 heavy (non-hydrogen) atoms. The van der Waals surface area contributed by atoms with Gasteiger partial charge in [0.25, 0.3) is 0 Å². The minimum absolute atomic E-state index is 0.0703. The Kier molecular flexibility index (Phi) is 6.58. The normalized spacial score (nSPS) is 16.3. The number of sulfonamides is 1. The zero-order valence-electron chi connectivity index (χ0n) is 20.7. The number of aromatic nitrogens is 2. The van der Waals surface area contributed by atoms with E-state index in [-0.39, 0.29) is 6.10 Å². The molecule has 8 heteroatoms.